The average molecular weight is 514 g/mol. The van der Waals surface area contributed by atoms with Crippen molar-refractivity contribution < 1.29 is 17.9 Å². The zero-order chi connectivity index (χ0) is 25.6. The molecule has 3 rings (SSSR count). The number of ether oxygens (including phenoxy) is 1. The maximum atomic E-state index is 13.4. The first-order valence-corrected chi connectivity index (χ1v) is 12.8. The van der Waals surface area contributed by atoms with Crippen LogP contribution in [0.5, 0.6) is 5.75 Å². The van der Waals surface area contributed by atoms with Gasteiger partial charge in [0.1, 0.15) is 12.3 Å². The molecule has 0 atom stereocenters. The Morgan fingerprint density at radius 1 is 1.00 bits per heavy atom. The van der Waals surface area contributed by atoms with E-state index >= 15 is 0 Å². The lowest BCUT2D eigenvalue weighted by molar-refractivity contribution is -0.119. The van der Waals surface area contributed by atoms with Gasteiger partial charge >= 0.3 is 0 Å². The van der Waals surface area contributed by atoms with Gasteiger partial charge in [0.05, 0.1) is 23.4 Å². The lowest BCUT2D eigenvalue weighted by Gasteiger charge is -2.24. The number of hydrazone groups is 1. The fourth-order valence-corrected chi connectivity index (χ4v) is 4.93. The minimum absolute atomic E-state index is 0.0119. The molecule has 3 aromatic carbocycles. The molecule has 1 amide bonds. The summed E-state index contributed by atoms with van der Waals surface area (Å²) in [5, 5.41) is 4.45. The van der Waals surface area contributed by atoms with Gasteiger partial charge in [0.2, 0.25) is 0 Å². The third-order valence-corrected chi connectivity index (χ3v) is 7.66. The number of sulfonamides is 1. The topological polar surface area (TPSA) is 88.1 Å². The van der Waals surface area contributed by atoms with Crippen LogP contribution in [0.4, 0.5) is 5.69 Å². The lowest BCUT2D eigenvalue weighted by Crippen LogP contribution is -2.39. The Kier molecular flexibility index (Phi) is 8.53. The van der Waals surface area contributed by atoms with E-state index in [0.717, 1.165) is 21.0 Å². The average Bonchev–Trinajstić information content (AvgIpc) is 2.83. The standard InChI is InChI=1S/C26H28ClN3O4S/c1-5-34-24-12-10-23(11-13-24)30(35(32,33)25-14-8-22(27)9-15-25)17-26(31)29-28-16-21-7-6-18(2)19(3)20(21)4/h6-16H,5,17H2,1-4H3,(H,29,31)/b28-16-. The van der Waals surface area contributed by atoms with Crippen LogP contribution in [0.1, 0.15) is 29.2 Å². The minimum atomic E-state index is -4.06. The van der Waals surface area contributed by atoms with E-state index in [-0.39, 0.29) is 4.90 Å². The van der Waals surface area contributed by atoms with Gasteiger partial charge < -0.3 is 4.74 Å². The van der Waals surface area contributed by atoms with Crippen LogP contribution in [0.15, 0.2) is 70.7 Å². The number of anilines is 1. The van der Waals surface area contributed by atoms with Gasteiger partial charge in [0.15, 0.2) is 0 Å². The minimum Gasteiger partial charge on any atom is -0.494 e. The molecule has 0 saturated carbocycles. The van der Waals surface area contributed by atoms with Crippen molar-refractivity contribution in [1.29, 1.82) is 0 Å². The second-order valence-corrected chi connectivity index (χ2v) is 10.2. The highest BCUT2D eigenvalue weighted by Crippen LogP contribution is 2.26. The van der Waals surface area contributed by atoms with Crippen molar-refractivity contribution in [3.05, 3.63) is 87.9 Å². The first-order chi connectivity index (χ1) is 16.6. The van der Waals surface area contributed by atoms with Crippen LogP contribution in [0.3, 0.4) is 0 Å². The number of carbonyl (C=O) groups excluding carboxylic acids is 1. The van der Waals surface area contributed by atoms with E-state index in [2.05, 4.69) is 10.5 Å². The summed E-state index contributed by atoms with van der Waals surface area (Å²) < 4.78 is 33.3. The van der Waals surface area contributed by atoms with E-state index in [4.69, 9.17) is 16.3 Å². The fourth-order valence-electron chi connectivity index (χ4n) is 3.38. The van der Waals surface area contributed by atoms with Crippen molar-refractivity contribution in [3.8, 4) is 5.75 Å². The number of nitrogens with zero attached hydrogens (tertiary/aromatic N) is 2. The van der Waals surface area contributed by atoms with E-state index in [1.165, 1.54) is 29.8 Å². The maximum Gasteiger partial charge on any atom is 0.264 e. The molecule has 0 fully saturated rings. The molecule has 0 aliphatic rings. The fraction of sp³-hybridized carbons (Fsp3) is 0.231. The monoisotopic (exact) mass is 513 g/mol. The highest BCUT2D eigenvalue weighted by molar-refractivity contribution is 7.92. The predicted molar refractivity (Wildman–Crippen MR) is 140 cm³/mol. The van der Waals surface area contributed by atoms with Crippen molar-refractivity contribution in [3.63, 3.8) is 0 Å². The normalized spacial score (nSPS) is 11.5. The van der Waals surface area contributed by atoms with E-state index in [1.54, 1.807) is 30.5 Å². The number of hydrogen-bond donors (Lipinski definition) is 1. The molecule has 184 valence electrons. The van der Waals surface area contributed by atoms with E-state index < -0.39 is 22.5 Å². The van der Waals surface area contributed by atoms with E-state index in [9.17, 15) is 13.2 Å². The van der Waals surface area contributed by atoms with Crippen LogP contribution in [0.25, 0.3) is 0 Å². The molecule has 0 aromatic heterocycles. The summed E-state index contributed by atoms with van der Waals surface area (Å²) in [7, 11) is -4.06. The van der Waals surface area contributed by atoms with Crippen molar-refractivity contribution >= 4 is 39.4 Å². The highest BCUT2D eigenvalue weighted by atomic mass is 35.5. The van der Waals surface area contributed by atoms with Gasteiger partial charge in [-0.25, -0.2) is 13.8 Å². The molecule has 9 heteroatoms. The van der Waals surface area contributed by atoms with Crippen molar-refractivity contribution in [2.75, 3.05) is 17.5 Å². The van der Waals surface area contributed by atoms with Crippen LogP contribution in [0.2, 0.25) is 5.02 Å². The maximum absolute atomic E-state index is 13.4. The number of benzene rings is 3. The third kappa shape index (κ3) is 6.41. The molecule has 0 bridgehead atoms. The molecule has 1 N–H and O–H groups in total. The van der Waals surface area contributed by atoms with Gasteiger partial charge in [0.25, 0.3) is 15.9 Å². The SMILES string of the molecule is CCOc1ccc(N(CC(=O)N/N=C\c2ccc(C)c(C)c2C)S(=O)(=O)c2ccc(Cl)cc2)cc1. The number of aryl methyl sites for hydroxylation is 1. The number of nitrogens with one attached hydrogen (secondary N) is 1. The molecular weight excluding hydrogens is 486 g/mol. The van der Waals surface area contributed by atoms with Gasteiger partial charge in [0, 0.05) is 5.02 Å². The summed E-state index contributed by atoms with van der Waals surface area (Å²) in [5.74, 6) is 0.00654. The third-order valence-electron chi connectivity index (χ3n) is 5.62. The molecule has 0 heterocycles. The molecule has 0 aliphatic heterocycles. The predicted octanol–water partition coefficient (Wildman–Crippen LogP) is 5.01. The highest BCUT2D eigenvalue weighted by Gasteiger charge is 2.27. The Balaban J connectivity index is 1.85. The van der Waals surface area contributed by atoms with E-state index in [1.807, 2.05) is 39.8 Å². The number of amides is 1. The molecule has 0 aliphatic carbocycles. The number of rotatable bonds is 9. The van der Waals surface area contributed by atoms with Crippen molar-refractivity contribution in [1.82, 2.24) is 5.43 Å². The van der Waals surface area contributed by atoms with Crippen molar-refractivity contribution in [2.24, 2.45) is 5.10 Å². The summed E-state index contributed by atoms with van der Waals surface area (Å²) in [6, 6.07) is 16.2. The Morgan fingerprint density at radius 3 is 2.29 bits per heavy atom. The summed E-state index contributed by atoms with van der Waals surface area (Å²) >= 11 is 5.92. The second-order valence-electron chi connectivity index (χ2n) is 7.91. The van der Waals surface area contributed by atoms with Crippen molar-refractivity contribution in [2.45, 2.75) is 32.6 Å². The Bertz CT molecular complexity index is 1320. The van der Waals surface area contributed by atoms with Crippen LogP contribution in [-0.4, -0.2) is 33.7 Å². The number of carbonyl (C=O) groups is 1. The molecular formula is C26H28ClN3O4S. The van der Waals surface area contributed by atoms with Crippen LogP contribution in [0, 0.1) is 20.8 Å². The Morgan fingerprint density at radius 2 is 1.66 bits per heavy atom. The quantitative estimate of drug-likeness (QED) is 0.322. The second kappa shape index (κ2) is 11.4. The Labute approximate surface area is 211 Å². The van der Waals surface area contributed by atoms with Gasteiger partial charge in [-0.1, -0.05) is 23.7 Å². The summed E-state index contributed by atoms with van der Waals surface area (Å²) in [6.45, 7) is 7.90. The molecule has 0 unspecified atom stereocenters. The zero-order valence-corrected chi connectivity index (χ0v) is 21.7. The molecule has 3 aromatic rings. The Hall–Kier alpha value is -3.36. The lowest BCUT2D eigenvalue weighted by atomic mass is 10.00. The number of halogens is 1. The smallest absolute Gasteiger partial charge is 0.264 e. The van der Waals surface area contributed by atoms with Crippen LogP contribution >= 0.6 is 11.6 Å². The summed E-state index contributed by atoms with van der Waals surface area (Å²) in [5.41, 5.74) is 6.99. The van der Waals surface area contributed by atoms with E-state index in [0.29, 0.717) is 23.1 Å². The first-order valence-electron chi connectivity index (χ1n) is 11.0. The molecule has 0 spiro atoms. The molecule has 35 heavy (non-hydrogen) atoms. The van der Waals surface area contributed by atoms with Gasteiger partial charge in [-0.2, -0.15) is 5.10 Å². The molecule has 0 saturated heterocycles. The van der Waals surface area contributed by atoms with Crippen LogP contribution in [-0.2, 0) is 14.8 Å². The zero-order valence-electron chi connectivity index (χ0n) is 20.1. The van der Waals surface area contributed by atoms with Gasteiger partial charge in [-0.05, 0) is 98.5 Å². The number of hydrogen-bond acceptors (Lipinski definition) is 5. The molecule has 7 nitrogen and oxygen atoms in total. The first kappa shape index (κ1) is 26.2. The summed E-state index contributed by atoms with van der Waals surface area (Å²) in [6.07, 6.45) is 1.55. The van der Waals surface area contributed by atoms with Gasteiger partial charge in [-0.15, -0.1) is 0 Å². The molecule has 0 radical (unpaired) electrons. The van der Waals surface area contributed by atoms with Gasteiger partial charge in [-0.3, -0.25) is 9.10 Å². The summed E-state index contributed by atoms with van der Waals surface area (Å²) in [4.78, 5) is 12.8. The van der Waals surface area contributed by atoms with Crippen LogP contribution < -0.4 is 14.5 Å². The largest absolute Gasteiger partial charge is 0.494 e.